The van der Waals surface area contributed by atoms with Gasteiger partial charge in [-0.3, -0.25) is 4.79 Å². The number of carbonyl (C=O) groups is 1. The third-order valence-corrected chi connectivity index (χ3v) is 6.57. The van der Waals surface area contributed by atoms with Crippen LogP contribution in [0, 0.1) is 0 Å². The molecule has 0 fully saturated rings. The third-order valence-electron chi connectivity index (χ3n) is 3.60. The van der Waals surface area contributed by atoms with E-state index in [1.54, 1.807) is 12.1 Å². The topological polar surface area (TPSA) is 30.2 Å². The minimum Gasteiger partial charge on any atom is -0.460 e. The Morgan fingerprint density at radius 1 is 0.917 bits per heavy atom. The van der Waals surface area contributed by atoms with Crippen molar-refractivity contribution in [3.05, 3.63) is 83.1 Å². The monoisotopic (exact) mass is 466 g/mol. The first-order valence-corrected chi connectivity index (χ1v) is 9.51. The summed E-state index contributed by atoms with van der Waals surface area (Å²) in [5.74, 6) is 1.33. The highest BCUT2D eigenvalue weighted by atomic mass is 79.9. The number of rotatable bonds is 5. The Labute approximate surface area is 162 Å². The van der Waals surface area contributed by atoms with Crippen molar-refractivity contribution in [2.24, 2.45) is 0 Å². The number of carbonyl (C=O) groups excluding carboxylic acids is 1. The van der Waals surface area contributed by atoms with Crippen LogP contribution in [0.2, 0.25) is 5.02 Å². The van der Waals surface area contributed by atoms with Crippen molar-refractivity contribution in [3.8, 4) is 11.3 Å². The summed E-state index contributed by atoms with van der Waals surface area (Å²) in [6.07, 6.45) is 0. The SMILES string of the molecule is O=C(c1ccccc1)[C@H](Br)[C@@H](Br)c1ccc(-c2ccccc2Cl)o1. The van der Waals surface area contributed by atoms with Crippen molar-refractivity contribution in [2.45, 2.75) is 9.65 Å². The number of ketones is 1. The summed E-state index contributed by atoms with van der Waals surface area (Å²) in [4.78, 5) is 11.8. The maximum absolute atomic E-state index is 12.6. The fourth-order valence-electron chi connectivity index (χ4n) is 2.35. The molecular formula is C19H13Br2ClO2. The average Bonchev–Trinajstić information content (AvgIpc) is 3.11. The fraction of sp³-hybridized carbons (Fsp3) is 0.105. The second-order valence-corrected chi connectivity index (χ2v) is 7.60. The Bertz CT molecular complexity index is 845. The molecule has 2 nitrogen and oxygen atoms in total. The van der Waals surface area contributed by atoms with Crippen LogP contribution in [-0.2, 0) is 0 Å². The number of furan rings is 1. The van der Waals surface area contributed by atoms with E-state index >= 15 is 0 Å². The van der Waals surface area contributed by atoms with Gasteiger partial charge in [0.15, 0.2) is 5.78 Å². The predicted octanol–water partition coefficient (Wildman–Crippen LogP) is 6.68. The molecule has 0 aliphatic heterocycles. The summed E-state index contributed by atoms with van der Waals surface area (Å²) in [6.45, 7) is 0. The lowest BCUT2D eigenvalue weighted by molar-refractivity contribution is 0.0989. The van der Waals surface area contributed by atoms with Crippen LogP contribution in [0.1, 0.15) is 20.9 Å². The zero-order valence-corrected chi connectivity index (χ0v) is 16.4. The van der Waals surface area contributed by atoms with Crippen molar-refractivity contribution in [1.29, 1.82) is 0 Å². The van der Waals surface area contributed by atoms with Crippen molar-refractivity contribution in [2.75, 3.05) is 0 Å². The Hall–Kier alpha value is -1.36. The van der Waals surface area contributed by atoms with Gasteiger partial charge in [0.1, 0.15) is 11.5 Å². The van der Waals surface area contributed by atoms with E-state index in [2.05, 4.69) is 31.9 Å². The number of hydrogen-bond donors (Lipinski definition) is 0. The molecule has 0 radical (unpaired) electrons. The minimum atomic E-state index is -0.440. The number of benzene rings is 2. The van der Waals surface area contributed by atoms with Gasteiger partial charge in [0.2, 0.25) is 0 Å². The van der Waals surface area contributed by atoms with Crippen LogP contribution in [0.5, 0.6) is 0 Å². The second kappa shape index (κ2) is 7.68. The maximum Gasteiger partial charge on any atom is 0.178 e. The minimum absolute atomic E-state index is 0.00633. The van der Waals surface area contributed by atoms with E-state index in [0.717, 1.165) is 5.56 Å². The van der Waals surface area contributed by atoms with Crippen molar-refractivity contribution >= 4 is 49.2 Å². The first kappa shape index (κ1) is 17.5. The highest BCUT2D eigenvalue weighted by molar-refractivity contribution is 9.12. The lowest BCUT2D eigenvalue weighted by Crippen LogP contribution is -2.18. The van der Waals surface area contributed by atoms with Crippen LogP contribution in [0.3, 0.4) is 0 Å². The van der Waals surface area contributed by atoms with Gasteiger partial charge in [0.25, 0.3) is 0 Å². The molecule has 0 saturated carbocycles. The Kier molecular flexibility index (Phi) is 5.59. The van der Waals surface area contributed by atoms with Gasteiger partial charge in [0, 0.05) is 11.1 Å². The van der Waals surface area contributed by atoms with Gasteiger partial charge in [-0.1, -0.05) is 85.9 Å². The fourth-order valence-corrected chi connectivity index (χ4v) is 3.59. The normalized spacial score (nSPS) is 13.5. The van der Waals surface area contributed by atoms with E-state index in [4.69, 9.17) is 16.0 Å². The summed E-state index contributed by atoms with van der Waals surface area (Å²) in [5.41, 5.74) is 1.48. The molecule has 0 amide bonds. The summed E-state index contributed by atoms with van der Waals surface area (Å²) in [7, 11) is 0. The number of hydrogen-bond acceptors (Lipinski definition) is 2. The summed E-state index contributed by atoms with van der Waals surface area (Å²) in [5, 5.41) is 0.625. The van der Waals surface area contributed by atoms with E-state index in [9.17, 15) is 4.79 Å². The largest absolute Gasteiger partial charge is 0.460 e. The molecule has 0 spiro atoms. The molecule has 5 heteroatoms. The van der Waals surface area contributed by atoms with Gasteiger partial charge >= 0.3 is 0 Å². The molecule has 3 rings (SSSR count). The Morgan fingerprint density at radius 3 is 2.29 bits per heavy atom. The number of Topliss-reactive ketones (excluding diaryl/α,β-unsaturated/α-hetero) is 1. The zero-order valence-electron chi connectivity index (χ0n) is 12.5. The molecule has 24 heavy (non-hydrogen) atoms. The smallest absolute Gasteiger partial charge is 0.178 e. The van der Waals surface area contributed by atoms with Crippen LogP contribution < -0.4 is 0 Å². The third kappa shape index (κ3) is 3.66. The quantitative estimate of drug-likeness (QED) is 0.309. The molecule has 0 aliphatic rings. The molecule has 0 bridgehead atoms. The molecule has 0 unspecified atom stereocenters. The second-order valence-electron chi connectivity index (χ2n) is 5.22. The van der Waals surface area contributed by atoms with Gasteiger partial charge in [-0.05, 0) is 24.3 Å². The molecular weight excluding hydrogens is 455 g/mol. The van der Waals surface area contributed by atoms with Crippen LogP contribution in [0.25, 0.3) is 11.3 Å². The highest BCUT2D eigenvalue weighted by Crippen LogP contribution is 2.37. The zero-order chi connectivity index (χ0) is 17.1. The molecule has 2 aromatic carbocycles. The summed E-state index contributed by atoms with van der Waals surface area (Å²) in [6, 6.07) is 20.4. The number of halogens is 3. The van der Waals surface area contributed by atoms with Crippen LogP contribution >= 0.6 is 43.5 Å². The highest BCUT2D eigenvalue weighted by Gasteiger charge is 2.28. The van der Waals surface area contributed by atoms with E-state index in [1.807, 2.05) is 54.6 Å². The summed E-state index contributed by atoms with van der Waals surface area (Å²) >= 11 is 13.2. The van der Waals surface area contributed by atoms with Crippen molar-refractivity contribution in [1.82, 2.24) is 0 Å². The van der Waals surface area contributed by atoms with Gasteiger partial charge in [-0.15, -0.1) is 0 Å². The number of alkyl halides is 2. The standard InChI is InChI=1S/C19H13Br2ClO2/c20-17(18(21)19(23)12-6-2-1-3-7-12)16-11-10-15(24-16)13-8-4-5-9-14(13)22/h1-11,17-18H/t17-,18+/m0/s1. The lowest BCUT2D eigenvalue weighted by atomic mass is 10.1. The molecule has 1 aromatic heterocycles. The van der Waals surface area contributed by atoms with Crippen molar-refractivity contribution in [3.63, 3.8) is 0 Å². The molecule has 122 valence electrons. The van der Waals surface area contributed by atoms with E-state index in [-0.39, 0.29) is 10.6 Å². The van der Waals surface area contributed by atoms with Gasteiger partial charge in [-0.2, -0.15) is 0 Å². The first-order valence-electron chi connectivity index (χ1n) is 7.30. The maximum atomic E-state index is 12.6. The molecule has 1 heterocycles. The van der Waals surface area contributed by atoms with Crippen molar-refractivity contribution < 1.29 is 9.21 Å². The van der Waals surface area contributed by atoms with Gasteiger partial charge in [0.05, 0.1) is 14.7 Å². The van der Waals surface area contributed by atoms with E-state index in [1.165, 1.54) is 0 Å². The molecule has 2 atom stereocenters. The molecule has 3 aromatic rings. The van der Waals surface area contributed by atoms with E-state index < -0.39 is 4.83 Å². The van der Waals surface area contributed by atoms with Crippen LogP contribution in [0.4, 0.5) is 0 Å². The first-order chi connectivity index (χ1) is 11.6. The predicted molar refractivity (Wildman–Crippen MR) is 104 cm³/mol. The Morgan fingerprint density at radius 2 is 1.58 bits per heavy atom. The van der Waals surface area contributed by atoms with Crippen LogP contribution in [0.15, 0.2) is 71.1 Å². The van der Waals surface area contributed by atoms with E-state index in [0.29, 0.717) is 22.1 Å². The van der Waals surface area contributed by atoms with Gasteiger partial charge < -0.3 is 4.42 Å². The van der Waals surface area contributed by atoms with Crippen LogP contribution in [-0.4, -0.2) is 10.6 Å². The average molecular weight is 469 g/mol. The van der Waals surface area contributed by atoms with Gasteiger partial charge in [-0.25, -0.2) is 0 Å². The lowest BCUT2D eigenvalue weighted by Gasteiger charge is -2.14. The molecule has 0 aliphatic carbocycles. The Balaban J connectivity index is 1.82. The summed E-state index contributed by atoms with van der Waals surface area (Å²) < 4.78 is 5.91. The molecule has 0 N–H and O–H groups in total. The molecule has 0 saturated heterocycles.